The van der Waals surface area contributed by atoms with Crippen LogP contribution in [0.5, 0.6) is 0 Å². The maximum atomic E-state index is 5.56. The Hall–Kier alpha value is -1.35. The molecule has 0 spiro atoms. The van der Waals surface area contributed by atoms with E-state index in [2.05, 4.69) is 37.9 Å². The van der Waals surface area contributed by atoms with Crippen LogP contribution in [-0.4, -0.2) is 16.5 Å². The summed E-state index contributed by atoms with van der Waals surface area (Å²) in [5, 5.41) is 0. The molecule has 0 fully saturated rings. The van der Waals surface area contributed by atoms with Gasteiger partial charge in [-0.1, -0.05) is 27.2 Å². The fourth-order valence-electron chi connectivity index (χ4n) is 3.78. The molecule has 0 bridgehead atoms. The highest BCUT2D eigenvalue weighted by Crippen LogP contribution is 2.37. The lowest BCUT2D eigenvalue weighted by molar-refractivity contribution is 0.215. The Bertz CT molecular complexity index is 663. The lowest BCUT2D eigenvalue weighted by Gasteiger charge is -2.34. The van der Waals surface area contributed by atoms with Crippen LogP contribution in [0.15, 0.2) is 12.1 Å². The van der Waals surface area contributed by atoms with E-state index in [-0.39, 0.29) is 0 Å². The first kappa shape index (κ1) is 16.5. The molecule has 0 aromatic carbocycles. The topological polar surface area (TPSA) is 54.7 Å². The van der Waals surface area contributed by atoms with Gasteiger partial charge in [-0.15, -0.1) is 0 Å². The molecule has 23 heavy (non-hydrogen) atoms. The van der Waals surface area contributed by atoms with Crippen molar-refractivity contribution in [2.24, 2.45) is 17.1 Å². The molecule has 1 unspecified atom stereocenters. The molecule has 2 aromatic heterocycles. The van der Waals surface area contributed by atoms with Gasteiger partial charge >= 0.3 is 0 Å². The number of hydrogen-bond donors (Lipinski definition) is 2. The van der Waals surface area contributed by atoms with Gasteiger partial charge in [0.2, 0.25) is 0 Å². The zero-order chi connectivity index (χ0) is 16.4. The van der Waals surface area contributed by atoms with Gasteiger partial charge in [-0.25, -0.2) is 0 Å². The van der Waals surface area contributed by atoms with Gasteiger partial charge in [-0.2, -0.15) is 0 Å². The van der Waals surface area contributed by atoms with Gasteiger partial charge in [0, 0.05) is 11.4 Å². The highest BCUT2D eigenvalue weighted by Gasteiger charge is 2.29. The summed E-state index contributed by atoms with van der Waals surface area (Å²) >= 11 is 0. The Kier molecular flexibility index (Phi) is 4.77. The van der Waals surface area contributed by atoms with Crippen molar-refractivity contribution in [1.82, 2.24) is 9.97 Å². The fourth-order valence-corrected chi connectivity index (χ4v) is 3.78. The summed E-state index contributed by atoms with van der Waals surface area (Å²) in [5.74, 6) is 0.764. The van der Waals surface area contributed by atoms with Crippen molar-refractivity contribution < 1.29 is 0 Å². The molecule has 1 aliphatic carbocycles. The van der Waals surface area contributed by atoms with E-state index < -0.39 is 0 Å². The van der Waals surface area contributed by atoms with Gasteiger partial charge in [0.15, 0.2) is 0 Å². The van der Waals surface area contributed by atoms with Crippen LogP contribution in [0.2, 0.25) is 0 Å². The van der Waals surface area contributed by atoms with Gasteiger partial charge < -0.3 is 10.7 Å². The smallest absolute Gasteiger partial charge is 0.0885 e. The first-order valence-electron chi connectivity index (χ1n) is 9.18. The van der Waals surface area contributed by atoms with E-state index in [1.807, 2.05) is 0 Å². The van der Waals surface area contributed by atoms with Crippen LogP contribution in [0.4, 0.5) is 0 Å². The van der Waals surface area contributed by atoms with E-state index in [1.54, 1.807) is 0 Å². The van der Waals surface area contributed by atoms with Crippen molar-refractivity contribution in [3.8, 4) is 0 Å². The third-order valence-electron chi connectivity index (χ3n) is 5.40. The van der Waals surface area contributed by atoms with Crippen molar-refractivity contribution in [3.63, 3.8) is 0 Å². The molecule has 0 aliphatic heterocycles. The summed E-state index contributed by atoms with van der Waals surface area (Å²) in [5.41, 5.74) is 12.4. The number of H-pyrrole nitrogens is 1. The summed E-state index contributed by atoms with van der Waals surface area (Å²) in [6, 6.07) is 4.60. The number of hydrogen-bond acceptors (Lipinski definition) is 2. The number of nitrogens with zero attached hydrogens (tertiary/aromatic N) is 1. The molecule has 0 saturated carbocycles. The first-order chi connectivity index (χ1) is 11.0. The van der Waals surface area contributed by atoms with Gasteiger partial charge in [-0.3, -0.25) is 4.98 Å². The molecule has 0 radical (unpaired) electrons. The Morgan fingerprint density at radius 1 is 1.22 bits per heavy atom. The van der Waals surface area contributed by atoms with Crippen LogP contribution in [0.1, 0.15) is 63.4 Å². The van der Waals surface area contributed by atoms with E-state index in [0.29, 0.717) is 5.41 Å². The minimum atomic E-state index is 0.385. The Balaban J connectivity index is 1.77. The second-order valence-electron chi connectivity index (χ2n) is 8.23. The van der Waals surface area contributed by atoms with Crippen molar-refractivity contribution in [1.29, 1.82) is 0 Å². The van der Waals surface area contributed by atoms with Gasteiger partial charge in [0.1, 0.15) is 0 Å². The van der Waals surface area contributed by atoms with E-state index in [9.17, 15) is 0 Å². The Labute approximate surface area is 140 Å². The Morgan fingerprint density at radius 3 is 2.78 bits per heavy atom. The zero-order valence-electron chi connectivity index (χ0n) is 14.9. The predicted molar refractivity (Wildman–Crippen MR) is 97.7 cm³/mol. The number of aromatic nitrogens is 2. The van der Waals surface area contributed by atoms with Crippen LogP contribution in [0.3, 0.4) is 0 Å². The third kappa shape index (κ3) is 3.77. The molecule has 1 atom stereocenters. The average Bonchev–Trinajstić information content (AvgIpc) is 2.89. The van der Waals surface area contributed by atoms with Crippen molar-refractivity contribution in [2.45, 2.75) is 65.7 Å². The van der Waals surface area contributed by atoms with E-state index in [4.69, 9.17) is 10.7 Å². The minimum absolute atomic E-state index is 0.385. The minimum Gasteiger partial charge on any atom is -0.357 e. The van der Waals surface area contributed by atoms with Crippen LogP contribution >= 0.6 is 0 Å². The molecular weight excluding hydrogens is 282 g/mol. The second kappa shape index (κ2) is 6.64. The number of nitrogens with one attached hydrogen (secondary N) is 1. The third-order valence-corrected chi connectivity index (χ3v) is 5.40. The quantitative estimate of drug-likeness (QED) is 0.805. The van der Waals surface area contributed by atoms with Crippen LogP contribution in [0, 0.1) is 11.3 Å². The number of unbranched alkanes of at least 4 members (excludes halogenated alkanes) is 2. The van der Waals surface area contributed by atoms with Crippen molar-refractivity contribution in [2.75, 3.05) is 6.54 Å². The molecular formula is C20H31N3. The van der Waals surface area contributed by atoms with Crippen molar-refractivity contribution in [3.05, 3.63) is 29.1 Å². The number of aryl methyl sites for hydroxylation is 2. The summed E-state index contributed by atoms with van der Waals surface area (Å²) in [6.45, 7) is 7.89. The van der Waals surface area contributed by atoms with Crippen LogP contribution < -0.4 is 5.73 Å². The standard InChI is InChI=1S/C20H31N3/c1-20(2,3)15-8-9-17-14(11-15)12-18-19(23-17)13-16(22-18)7-5-4-6-10-21/h12-13,15,22H,4-11,21H2,1-3H3. The number of rotatable bonds is 5. The largest absolute Gasteiger partial charge is 0.357 e. The zero-order valence-corrected chi connectivity index (χ0v) is 14.9. The monoisotopic (exact) mass is 313 g/mol. The Morgan fingerprint density at radius 2 is 2.04 bits per heavy atom. The lowest BCUT2D eigenvalue weighted by Crippen LogP contribution is -2.27. The van der Waals surface area contributed by atoms with Gasteiger partial charge in [0.25, 0.3) is 0 Å². The number of pyridine rings is 1. The maximum Gasteiger partial charge on any atom is 0.0885 e. The SMILES string of the molecule is CC(C)(C)C1CCc2nc3cc(CCCCCN)[nH]c3cc2C1. The lowest BCUT2D eigenvalue weighted by atomic mass is 9.71. The second-order valence-corrected chi connectivity index (χ2v) is 8.23. The van der Waals surface area contributed by atoms with E-state index >= 15 is 0 Å². The normalized spacial score (nSPS) is 18.3. The number of aromatic amines is 1. The van der Waals surface area contributed by atoms with Crippen molar-refractivity contribution >= 4 is 11.0 Å². The first-order valence-corrected chi connectivity index (χ1v) is 9.18. The molecule has 0 amide bonds. The molecule has 3 N–H and O–H groups in total. The average molecular weight is 313 g/mol. The molecule has 3 heteroatoms. The fraction of sp³-hybridized carbons (Fsp3) is 0.650. The highest BCUT2D eigenvalue weighted by molar-refractivity contribution is 5.77. The van der Waals surface area contributed by atoms with Gasteiger partial charge in [0.05, 0.1) is 11.0 Å². The molecule has 3 nitrogen and oxygen atoms in total. The summed E-state index contributed by atoms with van der Waals surface area (Å²) in [4.78, 5) is 8.53. The van der Waals surface area contributed by atoms with Gasteiger partial charge in [-0.05, 0) is 74.1 Å². The molecule has 0 saturated heterocycles. The summed E-state index contributed by atoms with van der Waals surface area (Å²) in [7, 11) is 0. The predicted octanol–water partition coefficient (Wildman–Crippen LogP) is 4.39. The molecule has 2 heterocycles. The summed E-state index contributed by atoms with van der Waals surface area (Å²) < 4.78 is 0. The number of fused-ring (bicyclic) bond motifs is 2. The van der Waals surface area contributed by atoms with E-state index in [1.165, 1.54) is 48.2 Å². The summed E-state index contributed by atoms with van der Waals surface area (Å²) in [6.07, 6.45) is 8.22. The van der Waals surface area contributed by atoms with Crippen LogP contribution in [0.25, 0.3) is 11.0 Å². The molecule has 2 aromatic rings. The van der Waals surface area contributed by atoms with E-state index in [0.717, 1.165) is 37.2 Å². The number of nitrogens with two attached hydrogens (primary N) is 1. The van der Waals surface area contributed by atoms with Crippen LogP contribution in [-0.2, 0) is 19.3 Å². The highest BCUT2D eigenvalue weighted by atomic mass is 14.8. The maximum absolute atomic E-state index is 5.56. The molecule has 126 valence electrons. The molecule has 1 aliphatic rings. The molecule has 3 rings (SSSR count).